The molecule has 146 valence electrons. The minimum absolute atomic E-state index is 0.270. The number of benzene rings is 2. The second kappa shape index (κ2) is 7.31. The molecular formula is C23H21BrN4O. The Kier molecular flexibility index (Phi) is 4.63. The second-order valence-electron chi connectivity index (χ2n) is 8.05. The molecule has 29 heavy (non-hydrogen) atoms. The minimum Gasteiger partial charge on any atom is -0.342 e. The summed E-state index contributed by atoms with van der Waals surface area (Å²) in [6.45, 7) is 2.39. The molecule has 1 aliphatic carbocycles. The fourth-order valence-corrected chi connectivity index (χ4v) is 4.57. The molecule has 3 aromatic rings. The van der Waals surface area contributed by atoms with Crippen molar-refractivity contribution in [1.29, 1.82) is 5.26 Å². The molecule has 1 atom stereocenters. The van der Waals surface area contributed by atoms with Gasteiger partial charge in [0.1, 0.15) is 11.9 Å². The molecule has 0 radical (unpaired) electrons. The van der Waals surface area contributed by atoms with Gasteiger partial charge in [-0.1, -0.05) is 34.1 Å². The van der Waals surface area contributed by atoms with E-state index in [1.165, 1.54) is 0 Å². The Hall–Kier alpha value is -2.65. The van der Waals surface area contributed by atoms with Gasteiger partial charge in [0.2, 0.25) is 5.91 Å². The Morgan fingerprint density at radius 3 is 2.69 bits per heavy atom. The van der Waals surface area contributed by atoms with Crippen LogP contribution in [0.3, 0.4) is 0 Å². The number of carbonyl (C=O) groups is 1. The first-order chi connectivity index (χ1) is 14.1. The summed E-state index contributed by atoms with van der Waals surface area (Å²) in [5, 5.41) is 9.67. The van der Waals surface area contributed by atoms with Gasteiger partial charge in [-0.3, -0.25) is 4.79 Å². The number of halogens is 1. The second-order valence-corrected chi connectivity index (χ2v) is 8.97. The van der Waals surface area contributed by atoms with E-state index in [4.69, 9.17) is 4.98 Å². The molecule has 1 saturated heterocycles. The fourth-order valence-electron chi connectivity index (χ4n) is 4.30. The number of aromatic nitrogens is 2. The first-order valence-corrected chi connectivity index (χ1v) is 10.9. The molecule has 2 heterocycles. The number of nitriles is 1. The summed E-state index contributed by atoms with van der Waals surface area (Å²) in [5.74, 6) is 1.85. The average Bonchev–Trinajstić information content (AvgIpc) is 3.38. The van der Waals surface area contributed by atoms with Crippen molar-refractivity contribution in [1.82, 2.24) is 14.5 Å². The predicted octanol–water partition coefficient (Wildman–Crippen LogP) is 4.60. The number of likely N-dealkylation sites (tertiary alicyclic amines) is 1. The Labute approximate surface area is 178 Å². The molecule has 1 amide bonds. The molecular weight excluding hydrogens is 428 g/mol. The molecule has 0 bridgehead atoms. The number of carbonyl (C=O) groups excluding carboxylic acids is 1. The summed E-state index contributed by atoms with van der Waals surface area (Å²) in [6.07, 6.45) is 3.09. The highest BCUT2D eigenvalue weighted by atomic mass is 79.9. The van der Waals surface area contributed by atoms with Crippen LogP contribution < -0.4 is 0 Å². The Morgan fingerprint density at radius 1 is 1.17 bits per heavy atom. The summed E-state index contributed by atoms with van der Waals surface area (Å²) in [4.78, 5) is 19.4. The third kappa shape index (κ3) is 3.44. The van der Waals surface area contributed by atoms with Gasteiger partial charge in [-0.15, -0.1) is 0 Å². The Balaban J connectivity index is 1.52. The topological polar surface area (TPSA) is 61.9 Å². The van der Waals surface area contributed by atoms with E-state index in [1.54, 1.807) is 0 Å². The number of hydrogen-bond donors (Lipinski definition) is 0. The number of fused-ring (bicyclic) bond motifs is 1. The van der Waals surface area contributed by atoms with Crippen molar-refractivity contribution < 1.29 is 4.79 Å². The third-order valence-corrected chi connectivity index (χ3v) is 6.48. The van der Waals surface area contributed by atoms with Crippen LogP contribution in [0.15, 0.2) is 46.9 Å². The van der Waals surface area contributed by atoms with Gasteiger partial charge in [0.05, 0.1) is 16.6 Å². The van der Waals surface area contributed by atoms with Gasteiger partial charge in [0.25, 0.3) is 0 Å². The van der Waals surface area contributed by atoms with Gasteiger partial charge >= 0.3 is 0 Å². The maximum atomic E-state index is 12.4. The van der Waals surface area contributed by atoms with Crippen LogP contribution in [0.1, 0.15) is 24.8 Å². The maximum Gasteiger partial charge on any atom is 0.225 e. The van der Waals surface area contributed by atoms with Crippen LogP contribution in [0.2, 0.25) is 0 Å². The highest BCUT2D eigenvalue weighted by Gasteiger charge is 2.36. The van der Waals surface area contributed by atoms with E-state index in [0.29, 0.717) is 17.4 Å². The maximum absolute atomic E-state index is 12.4. The number of rotatable bonds is 4. The molecule has 0 unspecified atom stereocenters. The van der Waals surface area contributed by atoms with Crippen molar-refractivity contribution in [3.63, 3.8) is 0 Å². The summed E-state index contributed by atoms with van der Waals surface area (Å²) in [6, 6.07) is 16.1. The summed E-state index contributed by atoms with van der Waals surface area (Å²) < 4.78 is 3.21. The molecule has 1 aromatic heterocycles. The summed E-state index contributed by atoms with van der Waals surface area (Å²) >= 11 is 3.49. The van der Waals surface area contributed by atoms with Crippen LogP contribution >= 0.6 is 15.9 Å². The largest absolute Gasteiger partial charge is 0.342 e. The van der Waals surface area contributed by atoms with Gasteiger partial charge in [-0.05, 0) is 49.4 Å². The molecule has 5 rings (SSSR count). The van der Waals surface area contributed by atoms with Gasteiger partial charge in [0.15, 0.2) is 0 Å². The molecule has 2 aromatic carbocycles. The van der Waals surface area contributed by atoms with E-state index >= 15 is 0 Å². The Bertz CT molecular complexity index is 1120. The summed E-state index contributed by atoms with van der Waals surface area (Å²) in [5.41, 5.74) is 3.39. The molecule has 1 aliphatic heterocycles. The number of amides is 1. The fraction of sp³-hybridized carbons (Fsp3) is 0.348. The SMILES string of the molecule is N#Cc1cccc2nc(-c3ccc(Br)cc3)n(C[C@H]3CCN(C(=O)C4CC4)C3)c12. The lowest BCUT2D eigenvalue weighted by Crippen LogP contribution is -2.30. The van der Waals surface area contributed by atoms with E-state index < -0.39 is 0 Å². The quantitative estimate of drug-likeness (QED) is 0.585. The van der Waals surface area contributed by atoms with E-state index in [2.05, 4.69) is 26.6 Å². The first-order valence-electron chi connectivity index (χ1n) is 10.1. The molecule has 1 saturated carbocycles. The normalized spacial score (nSPS) is 18.9. The van der Waals surface area contributed by atoms with Crippen LogP contribution in [0.25, 0.3) is 22.4 Å². The lowest BCUT2D eigenvalue weighted by atomic mass is 10.1. The highest BCUT2D eigenvalue weighted by Crippen LogP contribution is 2.34. The standard InChI is InChI=1S/C23H21BrN4O/c24-19-8-6-16(7-9-19)22-26-20-3-1-2-18(12-25)21(20)28(22)14-15-10-11-27(13-15)23(29)17-4-5-17/h1-3,6-9,15,17H,4-5,10-11,13-14H2/t15-/m0/s1. The van der Waals surface area contributed by atoms with Gasteiger partial charge in [-0.25, -0.2) is 4.98 Å². The van der Waals surface area contributed by atoms with E-state index in [9.17, 15) is 10.1 Å². The summed E-state index contributed by atoms with van der Waals surface area (Å²) in [7, 11) is 0. The van der Waals surface area contributed by atoms with Crippen molar-refractivity contribution >= 4 is 32.9 Å². The molecule has 6 heteroatoms. The van der Waals surface area contributed by atoms with Crippen molar-refractivity contribution in [3.8, 4) is 17.5 Å². The molecule has 0 N–H and O–H groups in total. The number of para-hydroxylation sites is 1. The average molecular weight is 449 g/mol. The van der Waals surface area contributed by atoms with Crippen molar-refractivity contribution in [2.45, 2.75) is 25.8 Å². The van der Waals surface area contributed by atoms with Gasteiger partial charge in [-0.2, -0.15) is 5.26 Å². The Morgan fingerprint density at radius 2 is 1.97 bits per heavy atom. The molecule has 5 nitrogen and oxygen atoms in total. The van der Waals surface area contributed by atoms with E-state index in [1.807, 2.05) is 47.4 Å². The highest BCUT2D eigenvalue weighted by molar-refractivity contribution is 9.10. The minimum atomic E-state index is 0.270. The predicted molar refractivity (Wildman–Crippen MR) is 115 cm³/mol. The first kappa shape index (κ1) is 18.4. The molecule has 0 spiro atoms. The number of imidazole rings is 1. The smallest absolute Gasteiger partial charge is 0.225 e. The zero-order valence-corrected chi connectivity index (χ0v) is 17.6. The zero-order valence-electron chi connectivity index (χ0n) is 16.0. The molecule has 2 fully saturated rings. The number of hydrogen-bond acceptors (Lipinski definition) is 3. The van der Waals surface area contributed by atoms with Crippen molar-refractivity contribution in [2.75, 3.05) is 13.1 Å². The third-order valence-electron chi connectivity index (χ3n) is 5.95. The molecule has 2 aliphatic rings. The number of nitrogens with zero attached hydrogens (tertiary/aromatic N) is 4. The van der Waals surface area contributed by atoms with E-state index in [-0.39, 0.29) is 5.92 Å². The van der Waals surface area contributed by atoms with Crippen molar-refractivity contribution in [3.05, 3.63) is 52.5 Å². The van der Waals surface area contributed by atoms with Crippen LogP contribution in [0.4, 0.5) is 0 Å². The van der Waals surface area contributed by atoms with Crippen LogP contribution in [0.5, 0.6) is 0 Å². The van der Waals surface area contributed by atoms with Gasteiger partial charge < -0.3 is 9.47 Å². The van der Waals surface area contributed by atoms with Crippen molar-refractivity contribution in [2.24, 2.45) is 11.8 Å². The zero-order chi connectivity index (χ0) is 20.0. The van der Waals surface area contributed by atoms with Gasteiger partial charge in [0, 0.05) is 35.6 Å². The van der Waals surface area contributed by atoms with Crippen LogP contribution in [-0.4, -0.2) is 33.4 Å². The monoisotopic (exact) mass is 448 g/mol. The van der Waals surface area contributed by atoms with E-state index in [0.717, 1.165) is 65.8 Å². The van der Waals surface area contributed by atoms with Crippen LogP contribution in [0, 0.1) is 23.2 Å². The lowest BCUT2D eigenvalue weighted by Gasteiger charge is -2.18. The lowest BCUT2D eigenvalue weighted by molar-refractivity contribution is -0.131. The van der Waals surface area contributed by atoms with Crippen LogP contribution in [-0.2, 0) is 11.3 Å².